The second kappa shape index (κ2) is 3.18. The number of ketones is 1. The average molecular weight is 154 g/mol. The Bertz CT molecular complexity index is 166. The summed E-state index contributed by atoms with van der Waals surface area (Å²) >= 11 is 0. The van der Waals surface area contributed by atoms with Gasteiger partial charge in [-0.3, -0.25) is 4.79 Å². The molecule has 0 amide bonds. The number of rotatable bonds is 2. The maximum atomic E-state index is 11.1. The number of hydrogen-bond acceptors (Lipinski definition) is 2. The number of carbonyl (C=O) groups is 1. The lowest BCUT2D eigenvalue weighted by molar-refractivity contribution is -0.135. The zero-order valence-electron chi connectivity index (χ0n) is 6.68. The lowest BCUT2D eigenvalue weighted by Gasteiger charge is -2.29. The van der Waals surface area contributed by atoms with Gasteiger partial charge in [0.1, 0.15) is 5.60 Å². The van der Waals surface area contributed by atoms with Crippen LogP contribution >= 0.6 is 0 Å². The average Bonchev–Trinajstić information content (AvgIpc) is 2.04. The molecule has 0 bridgehead atoms. The standard InChI is InChI=1S/C9H14O2/c1-2-8(10)9(11)6-4-3-5-7-9/h2,11H,1,3-7H2. The fourth-order valence-electron chi connectivity index (χ4n) is 1.57. The molecule has 1 rings (SSSR count). The van der Waals surface area contributed by atoms with E-state index in [1.54, 1.807) is 0 Å². The van der Waals surface area contributed by atoms with Crippen molar-refractivity contribution in [1.29, 1.82) is 0 Å². The van der Waals surface area contributed by atoms with Crippen LogP contribution in [0.4, 0.5) is 0 Å². The van der Waals surface area contributed by atoms with Crippen LogP contribution in [0.3, 0.4) is 0 Å². The summed E-state index contributed by atoms with van der Waals surface area (Å²) in [5.41, 5.74) is -1.07. The van der Waals surface area contributed by atoms with E-state index >= 15 is 0 Å². The van der Waals surface area contributed by atoms with Crippen molar-refractivity contribution in [3.05, 3.63) is 12.7 Å². The van der Waals surface area contributed by atoms with Crippen LogP contribution in [-0.4, -0.2) is 16.5 Å². The van der Waals surface area contributed by atoms with Gasteiger partial charge in [-0.25, -0.2) is 0 Å². The third-order valence-corrected chi connectivity index (χ3v) is 2.32. The highest BCUT2D eigenvalue weighted by atomic mass is 16.3. The van der Waals surface area contributed by atoms with Crippen LogP contribution in [0.25, 0.3) is 0 Å². The highest BCUT2D eigenvalue weighted by Gasteiger charge is 2.34. The van der Waals surface area contributed by atoms with Gasteiger partial charge < -0.3 is 5.11 Å². The van der Waals surface area contributed by atoms with Crippen molar-refractivity contribution in [2.45, 2.75) is 37.7 Å². The molecule has 0 heterocycles. The van der Waals surface area contributed by atoms with Crippen LogP contribution in [0, 0.1) is 0 Å². The van der Waals surface area contributed by atoms with Gasteiger partial charge in [0, 0.05) is 0 Å². The SMILES string of the molecule is C=CC(=O)C1(O)CCCCC1. The van der Waals surface area contributed by atoms with E-state index in [4.69, 9.17) is 0 Å². The Labute approximate surface area is 66.9 Å². The molecule has 1 saturated carbocycles. The van der Waals surface area contributed by atoms with Crippen LogP contribution in [0.15, 0.2) is 12.7 Å². The molecule has 1 fully saturated rings. The molecule has 0 aromatic heterocycles. The van der Waals surface area contributed by atoms with E-state index in [0.29, 0.717) is 12.8 Å². The first kappa shape index (κ1) is 8.47. The van der Waals surface area contributed by atoms with Gasteiger partial charge in [0.05, 0.1) is 0 Å². The second-order valence-corrected chi connectivity index (χ2v) is 3.16. The molecule has 2 nitrogen and oxygen atoms in total. The van der Waals surface area contributed by atoms with Crippen LogP contribution in [0.2, 0.25) is 0 Å². The van der Waals surface area contributed by atoms with Gasteiger partial charge in [0.15, 0.2) is 5.78 Å². The molecule has 0 saturated heterocycles. The first-order chi connectivity index (χ1) is 5.19. The monoisotopic (exact) mass is 154 g/mol. The number of aliphatic hydroxyl groups is 1. The van der Waals surface area contributed by atoms with E-state index in [1.165, 1.54) is 6.08 Å². The molecule has 62 valence electrons. The first-order valence-corrected chi connectivity index (χ1v) is 4.08. The molecular formula is C9H14O2. The molecule has 0 atom stereocenters. The highest BCUT2D eigenvalue weighted by Crippen LogP contribution is 2.28. The molecule has 0 spiro atoms. The molecule has 0 radical (unpaired) electrons. The van der Waals surface area contributed by atoms with Crippen molar-refractivity contribution in [2.75, 3.05) is 0 Å². The molecule has 0 aliphatic heterocycles. The Morgan fingerprint density at radius 1 is 1.36 bits per heavy atom. The summed E-state index contributed by atoms with van der Waals surface area (Å²) in [4.78, 5) is 11.1. The summed E-state index contributed by atoms with van der Waals surface area (Å²) in [7, 11) is 0. The van der Waals surface area contributed by atoms with E-state index in [2.05, 4.69) is 6.58 Å². The van der Waals surface area contributed by atoms with Crippen LogP contribution < -0.4 is 0 Å². The lowest BCUT2D eigenvalue weighted by atomic mass is 9.82. The highest BCUT2D eigenvalue weighted by molar-refractivity contribution is 5.96. The third-order valence-electron chi connectivity index (χ3n) is 2.32. The minimum atomic E-state index is -1.07. The zero-order valence-corrected chi connectivity index (χ0v) is 6.68. The summed E-state index contributed by atoms with van der Waals surface area (Å²) in [5, 5.41) is 9.72. The van der Waals surface area contributed by atoms with Crippen molar-refractivity contribution < 1.29 is 9.90 Å². The zero-order chi connectivity index (χ0) is 8.32. The summed E-state index contributed by atoms with van der Waals surface area (Å²) in [5.74, 6) is -0.211. The molecule has 1 aliphatic carbocycles. The summed E-state index contributed by atoms with van der Waals surface area (Å²) < 4.78 is 0. The molecule has 11 heavy (non-hydrogen) atoms. The summed E-state index contributed by atoms with van der Waals surface area (Å²) in [6, 6.07) is 0. The van der Waals surface area contributed by atoms with E-state index in [0.717, 1.165) is 19.3 Å². The molecule has 2 heteroatoms. The Balaban J connectivity index is 2.63. The van der Waals surface area contributed by atoms with Crippen molar-refractivity contribution in [3.8, 4) is 0 Å². The van der Waals surface area contributed by atoms with Crippen LogP contribution in [0.5, 0.6) is 0 Å². The number of carbonyl (C=O) groups excluding carboxylic acids is 1. The van der Waals surface area contributed by atoms with Crippen LogP contribution in [0.1, 0.15) is 32.1 Å². The van der Waals surface area contributed by atoms with Gasteiger partial charge in [-0.05, 0) is 18.9 Å². The number of hydrogen-bond donors (Lipinski definition) is 1. The Kier molecular flexibility index (Phi) is 2.45. The minimum absolute atomic E-state index is 0.211. The van der Waals surface area contributed by atoms with Gasteiger partial charge >= 0.3 is 0 Å². The topological polar surface area (TPSA) is 37.3 Å². The third kappa shape index (κ3) is 1.69. The van der Waals surface area contributed by atoms with Crippen molar-refractivity contribution in [1.82, 2.24) is 0 Å². The molecule has 0 aromatic rings. The molecule has 1 N–H and O–H groups in total. The van der Waals surface area contributed by atoms with Crippen LogP contribution in [-0.2, 0) is 4.79 Å². The molecule has 1 aliphatic rings. The Morgan fingerprint density at radius 3 is 2.36 bits per heavy atom. The molecule has 0 unspecified atom stereocenters. The van der Waals surface area contributed by atoms with Gasteiger partial charge in [-0.1, -0.05) is 25.8 Å². The van der Waals surface area contributed by atoms with Gasteiger partial charge in [0.2, 0.25) is 0 Å². The largest absolute Gasteiger partial charge is 0.382 e. The maximum absolute atomic E-state index is 11.1. The quantitative estimate of drug-likeness (QED) is 0.611. The van der Waals surface area contributed by atoms with E-state index in [-0.39, 0.29) is 5.78 Å². The smallest absolute Gasteiger partial charge is 0.186 e. The summed E-state index contributed by atoms with van der Waals surface area (Å²) in [6.45, 7) is 3.37. The van der Waals surface area contributed by atoms with Crippen molar-refractivity contribution in [2.24, 2.45) is 0 Å². The van der Waals surface area contributed by atoms with Crippen molar-refractivity contribution >= 4 is 5.78 Å². The van der Waals surface area contributed by atoms with Gasteiger partial charge in [-0.15, -0.1) is 0 Å². The minimum Gasteiger partial charge on any atom is -0.382 e. The second-order valence-electron chi connectivity index (χ2n) is 3.16. The fraction of sp³-hybridized carbons (Fsp3) is 0.667. The molecular weight excluding hydrogens is 140 g/mol. The Morgan fingerprint density at radius 2 is 1.91 bits per heavy atom. The fourth-order valence-corrected chi connectivity index (χ4v) is 1.57. The maximum Gasteiger partial charge on any atom is 0.186 e. The van der Waals surface area contributed by atoms with Gasteiger partial charge in [0.25, 0.3) is 0 Å². The molecule has 0 aromatic carbocycles. The lowest BCUT2D eigenvalue weighted by Crippen LogP contribution is -2.39. The van der Waals surface area contributed by atoms with E-state index in [1.807, 2.05) is 0 Å². The first-order valence-electron chi connectivity index (χ1n) is 4.08. The predicted molar refractivity (Wildman–Crippen MR) is 43.2 cm³/mol. The predicted octanol–water partition coefficient (Wildman–Crippen LogP) is 1.44. The summed E-state index contributed by atoms with van der Waals surface area (Å²) in [6.07, 6.45) is 5.49. The van der Waals surface area contributed by atoms with E-state index in [9.17, 15) is 9.90 Å². The Hall–Kier alpha value is -0.630. The van der Waals surface area contributed by atoms with E-state index < -0.39 is 5.60 Å². The van der Waals surface area contributed by atoms with Crippen molar-refractivity contribution in [3.63, 3.8) is 0 Å². The van der Waals surface area contributed by atoms with Gasteiger partial charge in [-0.2, -0.15) is 0 Å². The normalized spacial score (nSPS) is 22.6.